The fraction of sp³-hybridized carbons (Fsp3) is 0.692. The summed E-state index contributed by atoms with van der Waals surface area (Å²) in [6.45, 7) is 5.80. The highest BCUT2D eigenvalue weighted by Crippen LogP contribution is 2.22. The van der Waals surface area contributed by atoms with Crippen molar-refractivity contribution < 1.29 is 4.74 Å². The summed E-state index contributed by atoms with van der Waals surface area (Å²) in [5.74, 6) is 2.56. The van der Waals surface area contributed by atoms with Gasteiger partial charge in [0.1, 0.15) is 17.5 Å². The molecule has 2 N–H and O–H groups in total. The molecule has 1 saturated heterocycles. The molecule has 0 atom stereocenters. The van der Waals surface area contributed by atoms with E-state index in [2.05, 4.69) is 35.8 Å². The quantitative estimate of drug-likeness (QED) is 0.886. The van der Waals surface area contributed by atoms with Crippen LogP contribution >= 0.6 is 0 Å². The summed E-state index contributed by atoms with van der Waals surface area (Å²) in [6.07, 6.45) is 2.08. The van der Waals surface area contributed by atoms with Gasteiger partial charge in [0.15, 0.2) is 0 Å². The molecule has 0 aromatic carbocycles. The Morgan fingerprint density at radius 2 is 2.00 bits per heavy atom. The van der Waals surface area contributed by atoms with Gasteiger partial charge in [0.25, 0.3) is 0 Å². The zero-order valence-corrected chi connectivity index (χ0v) is 11.4. The Kier molecular flexibility index (Phi) is 4.01. The normalized spacial score (nSPS) is 17.1. The summed E-state index contributed by atoms with van der Waals surface area (Å²) in [5, 5.41) is 0. The molecule has 5 heteroatoms. The minimum atomic E-state index is 0.287. The van der Waals surface area contributed by atoms with E-state index in [9.17, 15) is 0 Å². The van der Waals surface area contributed by atoms with Crippen molar-refractivity contribution in [2.24, 2.45) is 0 Å². The predicted octanol–water partition coefficient (Wildman–Crippen LogP) is 1.80. The maximum Gasteiger partial charge on any atom is 0.135 e. The van der Waals surface area contributed by atoms with Crippen LogP contribution in [0.15, 0.2) is 6.07 Å². The van der Waals surface area contributed by atoms with E-state index in [0.29, 0.717) is 11.9 Å². The molecule has 5 nitrogen and oxygen atoms in total. The van der Waals surface area contributed by atoms with E-state index in [1.165, 1.54) is 0 Å². The second kappa shape index (κ2) is 5.52. The Morgan fingerprint density at radius 1 is 1.33 bits per heavy atom. The van der Waals surface area contributed by atoms with Gasteiger partial charge in [0.05, 0.1) is 0 Å². The van der Waals surface area contributed by atoms with Crippen molar-refractivity contribution in [1.82, 2.24) is 9.97 Å². The third kappa shape index (κ3) is 2.90. The third-order valence-electron chi connectivity index (χ3n) is 3.37. The molecule has 18 heavy (non-hydrogen) atoms. The van der Waals surface area contributed by atoms with Crippen LogP contribution < -0.4 is 10.6 Å². The number of anilines is 2. The molecule has 1 aliphatic rings. The lowest BCUT2D eigenvalue weighted by Gasteiger charge is -2.32. The van der Waals surface area contributed by atoms with Crippen LogP contribution in [0.2, 0.25) is 0 Å². The Labute approximate surface area is 108 Å². The minimum absolute atomic E-state index is 0.287. The van der Waals surface area contributed by atoms with Gasteiger partial charge in [0, 0.05) is 38.3 Å². The van der Waals surface area contributed by atoms with Gasteiger partial charge in [-0.2, -0.15) is 0 Å². The van der Waals surface area contributed by atoms with Crippen molar-refractivity contribution in [2.45, 2.75) is 38.6 Å². The van der Waals surface area contributed by atoms with Crippen LogP contribution in [0.3, 0.4) is 0 Å². The lowest BCUT2D eigenvalue weighted by Crippen LogP contribution is -2.37. The van der Waals surface area contributed by atoms with Gasteiger partial charge >= 0.3 is 0 Å². The standard InChI is InChI=1S/C13H22N4O/c1-9(2)13-15-11(14)8-12(16-13)17(3)10-4-6-18-7-5-10/h8-10H,4-7H2,1-3H3,(H2,14,15,16). The molecule has 0 aliphatic carbocycles. The maximum atomic E-state index is 5.86. The molecule has 1 aliphatic heterocycles. The average Bonchev–Trinajstić information content (AvgIpc) is 2.38. The van der Waals surface area contributed by atoms with Gasteiger partial charge in [-0.3, -0.25) is 0 Å². The van der Waals surface area contributed by atoms with Gasteiger partial charge in [-0.15, -0.1) is 0 Å². The first-order valence-electron chi connectivity index (χ1n) is 6.53. The topological polar surface area (TPSA) is 64.3 Å². The fourth-order valence-corrected chi connectivity index (χ4v) is 2.17. The number of ether oxygens (including phenoxy) is 1. The van der Waals surface area contributed by atoms with Crippen LogP contribution in [0.5, 0.6) is 0 Å². The maximum absolute atomic E-state index is 5.86. The van der Waals surface area contributed by atoms with E-state index in [4.69, 9.17) is 10.5 Å². The van der Waals surface area contributed by atoms with Crippen molar-refractivity contribution in [1.29, 1.82) is 0 Å². The summed E-state index contributed by atoms with van der Waals surface area (Å²) in [5.41, 5.74) is 5.86. The fourth-order valence-electron chi connectivity index (χ4n) is 2.17. The number of hydrogen-bond donors (Lipinski definition) is 1. The largest absolute Gasteiger partial charge is 0.384 e. The molecule has 1 fully saturated rings. The first-order valence-corrected chi connectivity index (χ1v) is 6.53. The molecular formula is C13H22N4O. The Bertz CT molecular complexity index is 402. The second-order valence-electron chi connectivity index (χ2n) is 5.12. The van der Waals surface area contributed by atoms with Crippen LogP contribution in [0, 0.1) is 0 Å². The molecule has 0 bridgehead atoms. The molecule has 2 rings (SSSR count). The van der Waals surface area contributed by atoms with Crippen molar-refractivity contribution >= 4 is 11.6 Å². The average molecular weight is 250 g/mol. The van der Waals surface area contributed by atoms with Crippen LogP contribution in [0.1, 0.15) is 38.4 Å². The highest BCUT2D eigenvalue weighted by atomic mass is 16.5. The molecule has 0 radical (unpaired) electrons. The molecule has 1 aromatic rings. The monoisotopic (exact) mass is 250 g/mol. The van der Waals surface area contributed by atoms with Gasteiger partial charge in [-0.25, -0.2) is 9.97 Å². The zero-order valence-electron chi connectivity index (χ0n) is 11.4. The highest BCUT2D eigenvalue weighted by molar-refractivity contribution is 5.47. The molecule has 0 spiro atoms. The number of nitrogens with two attached hydrogens (primary N) is 1. The molecular weight excluding hydrogens is 228 g/mol. The Balaban J connectivity index is 2.20. The van der Waals surface area contributed by atoms with Crippen LogP contribution in [0.25, 0.3) is 0 Å². The minimum Gasteiger partial charge on any atom is -0.384 e. The summed E-state index contributed by atoms with van der Waals surface area (Å²) >= 11 is 0. The SMILES string of the molecule is CC(C)c1nc(N)cc(N(C)C2CCOCC2)n1. The summed E-state index contributed by atoms with van der Waals surface area (Å²) < 4.78 is 5.39. The van der Waals surface area contributed by atoms with E-state index in [1.807, 2.05) is 6.07 Å². The van der Waals surface area contributed by atoms with Crippen molar-refractivity contribution in [2.75, 3.05) is 30.9 Å². The first kappa shape index (κ1) is 13.1. The van der Waals surface area contributed by atoms with Crippen molar-refractivity contribution in [3.8, 4) is 0 Å². The van der Waals surface area contributed by atoms with Crippen molar-refractivity contribution in [3.05, 3.63) is 11.9 Å². The number of nitrogen functional groups attached to an aromatic ring is 1. The Morgan fingerprint density at radius 3 is 2.61 bits per heavy atom. The van der Waals surface area contributed by atoms with Gasteiger partial charge in [-0.1, -0.05) is 13.8 Å². The van der Waals surface area contributed by atoms with Gasteiger partial charge in [0.2, 0.25) is 0 Å². The van der Waals surface area contributed by atoms with Gasteiger partial charge in [-0.05, 0) is 12.8 Å². The predicted molar refractivity (Wildman–Crippen MR) is 72.8 cm³/mol. The summed E-state index contributed by atoms with van der Waals surface area (Å²) in [7, 11) is 2.07. The molecule has 1 aromatic heterocycles. The summed E-state index contributed by atoms with van der Waals surface area (Å²) in [6, 6.07) is 2.33. The van der Waals surface area contributed by atoms with Crippen LogP contribution in [0.4, 0.5) is 11.6 Å². The zero-order chi connectivity index (χ0) is 13.1. The van der Waals surface area contributed by atoms with Crippen LogP contribution in [-0.2, 0) is 4.74 Å². The van der Waals surface area contributed by atoms with E-state index >= 15 is 0 Å². The van der Waals surface area contributed by atoms with Gasteiger partial charge < -0.3 is 15.4 Å². The lowest BCUT2D eigenvalue weighted by atomic mass is 10.1. The molecule has 100 valence electrons. The van der Waals surface area contributed by atoms with E-state index in [1.54, 1.807) is 0 Å². The number of rotatable bonds is 3. The Hall–Kier alpha value is -1.36. The van der Waals surface area contributed by atoms with Crippen LogP contribution in [-0.4, -0.2) is 36.3 Å². The number of aromatic nitrogens is 2. The third-order valence-corrected chi connectivity index (χ3v) is 3.37. The molecule has 0 unspecified atom stereocenters. The van der Waals surface area contributed by atoms with E-state index in [-0.39, 0.29) is 5.92 Å². The highest BCUT2D eigenvalue weighted by Gasteiger charge is 2.20. The lowest BCUT2D eigenvalue weighted by molar-refractivity contribution is 0.0853. The first-order chi connectivity index (χ1) is 8.58. The van der Waals surface area contributed by atoms with Crippen molar-refractivity contribution in [3.63, 3.8) is 0 Å². The number of hydrogen-bond acceptors (Lipinski definition) is 5. The molecule has 2 heterocycles. The molecule has 0 saturated carbocycles. The second-order valence-corrected chi connectivity index (χ2v) is 5.12. The van der Waals surface area contributed by atoms with E-state index < -0.39 is 0 Å². The number of nitrogens with zero attached hydrogens (tertiary/aromatic N) is 3. The van der Waals surface area contributed by atoms with E-state index in [0.717, 1.165) is 37.7 Å². The molecule has 0 amide bonds. The summed E-state index contributed by atoms with van der Waals surface area (Å²) in [4.78, 5) is 11.1. The smallest absolute Gasteiger partial charge is 0.135 e.